The molecule has 2 aliphatic heterocycles. The molecule has 3 heterocycles. The molecule has 0 unspecified atom stereocenters. The first-order valence-electron chi connectivity index (χ1n) is 12.4. The van der Waals surface area contributed by atoms with E-state index in [1.54, 1.807) is 22.2 Å². The van der Waals surface area contributed by atoms with Crippen LogP contribution in [0.4, 0.5) is 13.2 Å². The number of aryl methyl sites for hydroxylation is 1. The second-order valence-corrected chi connectivity index (χ2v) is 9.45. The van der Waals surface area contributed by atoms with Gasteiger partial charge in [0.25, 0.3) is 5.91 Å². The Morgan fingerprint density at radius 2 is 2.03 bits per heavy atom. The Morgan fingerprint density at radius 3 is 2.72 bits per heavy atom. The number of hydrogen-bond acceptors (Lipinski definition) is 7. The number of methoxy groups -OCH3 is 1. The van der Waals surface area contributed by atoms with Gasteiger partial charge in [0.1, 0.15) is 24.8 Å². The van der Waals surface area contributed by atoms with Gasteiger partial charge >= 0.3 is 6.18 Å². The first-order chi connectivity index (χ1) is 18.6. The van der Waals surface area contributed by atoms with Crippen molar-refractivity contribution in [3.05, 3.63) is 47.5 Å². The second kappa shape index (κ2) is 12.0. The summed E-state index contributed by atoms with van der Waals surface area (Å²) in [6.45, 7) is 1.09. The molecule has 1 saturated heterocycles. The van der Waals surface area contributed by atoms with E-state index >= 15 is 0 Å². The van der Waals surface area contributed by atoms with Crippen molar-refractivity contribution in [2.24, 2.45) is 7.05 Å². The van der Waals surface area contributed by atoms with E-state index in [1.807, 2.05) is 16.5 Å². The highest BCUT2D eigenvalue weighted by Gasteiger charge is 2.35. The Bertz CT molecular complexity index is 1200. The molecule has 1 atom stereocenters. The maximum Gasteiger partial charge on any atom is 0.416 e. The van der Waals surface area contributed by atoms with E-state index in [1.165, 1.54) is 7.11 Å². The van der Waals surface area contributed by atoms with Gasteiger partial charge in [0.05, 0.1) is 30.3 Å². The van der Waals surface area contributed by atoms with Crippen molar-refractivity contribution >= 4 is 17.7 Å². The summed E-state index contributed by atoms with van der Waals surface area (Å²) < 4.78 is 52.9. The molecule has 39 heavy (non-hydrogen) atoms. The number of nitrogens with zero attached hydrogens (tertiary/aromatic N) is 5. The van der Waals surface area contributed by atoms with Gasteiger partial charge in [-0.15, -0.1) is 0 Å². The van der Waals surface area contributed by atoms with Gasteiger partial charge in [0, 0.05) is 59.3 Å². The Hall–Kier alpha value is -3.65. The summed E-state index contributed by atoms with van der Waals surface area (Å²) in [5.74, 6) is -0.518. The zero-order chi connectivity index (χ0) is 28.2. The average molecular weight is 553 g/mol. The minimum absolute atomic E-state index is 0.0103. The standard InChI is InChI=1S/C25H31F3N6O5/c1-31-7-5-29-21(31)13-32-8-6-30-24(37)19-11-17(25(26,27)28)3-4-20(19)39-15-18-12-33(23(36)16-38-2)9-10-34(18)22(35)14-32/h3-5,7,11,18H,6,8-10,12-16H2,1-2H3,(H,30,37)/t18-/m0/s1. The number of imidazole rings is 1. The topological polar surface area (TPSA) is 109 Å². The van der Waals surface area contributed by atoms with Crippen molar-refractivity contribution in [2.45, 2.75) is 18.8 Å². The Morgan fingerprint density at radius 1 is 1.23 bits per heavy atom. The number of ether oxygens (including phenoxy) is 2. The van der Waals surface area contributed by atoms with Crippen LogP contribution in [0.1, 0.15) is 21.7 Å². The minimum atomic E-state index is -4.65. The van der Waals surface area contributed by atoms with Crippen LogP contribution in [0, 0.1) is 0 Å². The molecule has 2 aliphatic rings. The summed E-state index contributed by atoms with van der Waals surface area (Å²) in [5, 5.41) is 2.65. The highest BCUT2D eigenvalue weighted by Crippen LogP contribution is 2.33. The lowest BCUT2D eigenvalue weighted by Crippen LogP contribution is -2.60. The lowest BCUT2D eigenvalue weighted by atomic mass is 10.1. The normalized spacial score (nSPS) is 19.7. The van der Waals surface area contributed by atoms with Gasteiger partial charge < -0.3 is 29.2 Å². The van der Waals surface area contributed by atoms with Crippen LogP contribution in [0.3, 0.4) is 0 Å². The third kappa shape index (κ3) is 6.87. The zero-order valence-corrected chi connectivity index (χ0v) is 21.7. The lowest BCUT2D eigenvalue weighted by Gasteiger charge is -2.41. The summed E-state index contributed by atoms with van der Waals surface area (Å²) in [5.41, 5.74) is -1.24. The number of rotatable bonds is 4. The number of fused-ring (bicyclic) bond motifs is 2. The van der Waals surface area contributed by atoms with Crippen LogP contribution in [0.5, 0.6) is 5.75 Å². The highest BCUT2D eigenvalue weighted by molar-refractivity contribution is 5.97. The summed E-state index contributed by atoms with van der Waals surface area (Å²) >= 11 is 0. The number of carbonyl (C=O) groups excluding carboxylic acids is 3. The summed E-state index contributed by atoms with van der Waals surface area (Å²) in [4.78, 5) is 48.3. The molecular weight excluding hydrogens is 521 g/mol. The molecule has 1 fully saturated rings. The molecule has 11 nitrogen and oxygen atoms in total. The summed E-state index contributed by atoms with van der Waals surface area (Å²) in [6, 6.07) is 2.11. The van der Waals surface area contributed by atoms with Crippen LogP contribution >= 0.6 is 0 Å². The van der Waals surface area contributed by atoms with Gasteiger partial charge in [-0.1, -0.05) is 0 Å². The number of aromatic nitrogens is 2. The van der Waals surface area contributed by atoms with Crippen LogP contribution in [0.2, 0.25) is 0 Å². The van der Waals surface area contributed by atoms with Gasteiger partial charge in [-0.2, -0.15) is 13.2 Å². The van der Waals surface area contributed by atoms with E-state index in [4.69, 9.17) is 9.47 Å². The molecule has 212 valence electrons. The molecule has 1 N–H and O–H groups in total. The molecule has 0 bridgehead atoms. The highest BCUT2D eigenvalue weighted by atomic mass is 19.4. The second-order valence-electron chi connectivity index (χ2n) is 9.45. The van der Waals surface area contributed by atoms with E-state index in [9.17, 15) is 27.6 Å². The summed E-state index contributed by atoms with van der Waals surface area (Å²) in [6.07, 6.45) is -1.24. The fourth-order valence-electron chi connectivity index (χ4n) is 4.63. The number of hydrogen-bond donors (Lipinski definition) is 1. The number of alkyl halides is 3. The fraction of sp³-hybridized carbons (Fsp3) is 0.520. The molecule has 14 heteroatoms. The van der Waals surface area contributed by atoms with Crippen molar-refractivity contribution < 1.29 is 37.0 Å². The molecule has 2 aromatic rings. The first-order valence-corrected chi connectivity index (χ1v) is 12.4. The van der Waals surface area contributed by atoms with E-state index in [0.29, 0.717) is 18.9 Å². The van der Waals surface area contributed by atoms with E-state index < -0.39 is 23.7 Å². The van der Waals surface area contributed by atoms with Crippen molar-refractivity contribution in [1.82, 2.24) is 29.6 Å². The molecule has 4 rings (SSSR count). The van der Waals surface area contributed by atoms with Crippen LogP contribution in [0.15, 0.2) is 30.6 Å². The van der Waals surface area contributed by atoms with Gasteiger partial charge in [0.2, 0.25) is 11.8 Å². The SMILES string of the molecule is COCC(=O)N1CCN2C(=O)CN(Cc3nccn3C)CCNC(=O)c3cc(C(F)(F)F)ccc3OC[C@@H]2C1. The van der Waals surface area contributed by atoms with Gasteiger partial charge in [-0.25, -0.2) is 4.98 Å². The zero-order valence-electron chi connectivity index (χ0n) is 21.7. The third-order valence-corrected chi connectivity index (χ3v) is 6.76. The number of halogens is 3. The van der Waals surface area contributed by atoms with Crippen LogP contribution in [-0.2, 0) is 34.1 Å². The van der Waals surface area contributed by atoms with Gasteiger partial charge in [0.15, 0.2) is 0 Å². The summed E-state index contributed by atoms with van der Waals surface area (Å²) in [7, 11) is 3.23. The molecule has 0 aliphatic carbocycles. The maximum absolute atomic E-state index is 13.5. The molecular formula is C25H31F3N6O5. The number of piperazine rings is 1. The molecule has 0 saturated carbocycles. The average Bonchev–Trinajstić information content (AvgIpc) is 3.30. The molecule has 0 radical (unpaired) electrons. The molecule has 1 aromatic carbocycles. The molecule has 3 amide bonds. The van der Waals surface area contributed by atoms with E-state index in [2.05, 4.69) is 10.3 Å². The van der Waals surface area contributed by atoms with Crippen molar-refractivity contribution in [3.63, 3.8) is 0 Å². The number of amides is 3. The maximum atomic E-state index is 13.5. The van der Waals surface area contributed by atoms with Gasteiger partial charge in [-0.05, 0) is 18.2 Å². The molecule has 1 aromatic heterocycles. The first kappa shape index (κ1) is 28.4. The van der Waals surface area contributed by atoms with Crippen LogP contribution in [0.25, 0.3) is 0 Å². The van der Waals surface area contributed by atoms with E-state index in [-0.39, 0.29) is 69.1 Å². The monoisotopic (exact) mass is 552 g/mol. The number of carbonyl (C=O) groups is 3. The van der Waals surface area contributed by atoms with Crippen LogP contribution < -0.4 is 10.1 Å². The predicted octanol–water partition coefficient (Wildman–Crippen LogP) is 0.749. The third-order valence-electron chi connectivity index (χ3n) is 6.76. The largest absolute Gasteiger partial charge is 0.491 e. The predicted molar refractivity (Wildman–Crippen MR) is 132 cm³/mol. The lowest BCUT2D eigenvalue weighted by molar-refractivity contribution is -0.146. The van der Waals surface area contributed by atoms with Gasteiger partial charge in [-0.3, -0.25) is 19.3 Å². The molecule has 0 spiro atoms. The number of benzene rings is 1. The Balaban J connectivity index is 1.65. The Labute approximate surface area is 223 Å². The Kier molecular flexibility index (Phi) is 8.75. The number of nitrogens with one attached hydrogen (secondary N) is 1. The van der Waals surface area contributed by atoms with Crippen molar-refractivity contribution in [1.29, 1.82) is 0 Å². The smallest absolute Gasteiger partial charge is 0.416 e. The van der Waals surface area contributed by atoms with Crippen molar-refractivity contribution in [3.8, 4) is 5.75 Å². The van der Waals surface area contributed by atoms with Crippen molar-refractivity contribution in [2.75, 3.05) is 59.6 Å². The quantitative estimate of drug-likeness (QED) is 0.596. The minimum Gasteiger partial charge on any atom is -0.491 e. The fourth-order valence-corrected chi connectivity index (χ4v) is 4.63. The van der Waals surface area contributed by atoms with Crippen LogP contribution in [-0.4, -0.2) is 108 Å². The van der Waals surface area contributed by atoms with E-state index in [0.717, 1.165) is 18.2 Å².